The molecular formula is C17H24O6. The minimum absolute atomic E-state index is 0.262. The van der Waals surface area contributed by atoms with E-state index in [1.807, 2.05) is 34.6 Å². The molecule has 3 aliphatic rings. The van der Waals surface area contributed by atoms with Crippen molar-refractivity contribution in [1.29, 1.82) is 0 Å². The number of ether oxygens (including phenoxy) is 4. The van der Waals surface area contributed by atoms with Crippen LogP contribution >= 0.6 is 0 Å². The average Bonchev–Trinajstić information content (AvgIpc) is 2.52. The fraction of sp³-hybridized carbons (Fsp3) is 0.765. The average molecular weight is 324 g/mol. The van der Waals surface area contributed by atoms with E-state index in [9.17, 15) is 9.59 Å². The van der Waals surface area contributed by atoms with Gasteiger partial charge in [0.2, 0.25) is 0 Å². The van der Waals surface area contributed by atoms with Crippen LogP contribution in [0, 0.1) is 5.41 Å². The highest BCUT2D eigenvalue weighted by Crippen LogP contribution is 2.60. The maximum Gasteiger partial charge on any atom is 0.330 e. The van der Waals surface area contributed by atoms with E-state index in [0.29, 0.717) is 6.42 Å². The van der Waals surface area contributed by atoms with Gasteiger partial charge in [0.15, 0.2) is 0 Å². The Labute approximate surface area is 136 Å². The number of hydrogen-bond acceptors (Lipinski definition) is 6. The molecule has 3 rings (SSSR count). The summed E-state index contributed by atoms with van der Waals surface area (Å²) in [7, 11) is 1.34. The summed E-state index contributed by atoms with van der Waals surface area (Å²) < 4.78 is 22.6. The van der Waals surface area contributed by atoms with Crippen LogP contribution in [0.15, 0.2) is 11.6 Å². The molecule has 128 valence electrons. The molecule has 5 atom stereocenters. The summed E-state index contributed by atoms with van der Waals surface area (Å²) >= 11 is 0. The van der Waals surface area contributed by atoms with Gasteiger partial charge in [0.05, 0.1) is 18.1 Å². The van der Waals surface area contributed by atoms with Crippen LogP contribution in [0.25, 0.3) is 0 Å². The molecule has 2 bridgehead atoms. The van der Waals surface area contributed by atoms with Gasteiger partial charge in [0.25, 0.3) is 0 Å². The molecule has 0 N–H and O–H groups in total. The highest BCUT2D eigenvalue weighted by Gasteiger charge is 2.73. The monoisotopic (exact) mass is 324 g/mol. The third-order valence-corrected chi connectivity index (χ3v) is 4.98. The summed E-state index contributed by atoms with van der Waals surface area (Å²) in [6.45, 7) is 9.31. The standard InChI is InChI=1S/C17H24O6/c1-15(2,3)14(19)21-10-8-16(4)9(7-11(18)20-6)12-17(5,23-16)13(10)22-12/h7,10,12-13H,8H2,1-6H3/b9-7-/t10-,12?,13?,16?,17?/m1/s1. The number of carbonyl (C=O) groups excluding carboxylic acids is 2. The van der Waals surface area contributed by atoms with Gasteiger partial charge in [-0.1, -0.05) is 0 Å². The lowest BCUT2D eigenvalue weighted by Gasteiger charge is -2.53. The zero-order valence-electron chi connectivity index (χ0n) is 14.5. The van der Waals surface area contributed by atoms with Gasteiger partial charge in [-0.2, -0.15) is 0 Å². The van der Waals surface area contributed by atoms with Gasteiger partial charge < -0.3 is 18.9 Å². The van der Waals surface area contributed by atoms with Crippen molar-refractivity contribution >= 4 is 11.9 Å². The first kappa shape index (κ1) is 16.5. The molecule has 0 aliphatic carbocycles. The quantitative estimate of drug-likeness (QED) is 0.569. The van der Waals surface area contributed by atoms with Crippen LogP contribution in [0.3, 0.4) is 0 Å². The summed E-state index contributed by atoms with van der Waals surface area (Å²) in [6.07, 6.45) is 0.921. The second kappa shape index (κ2) is 4.80. The third-order valence-electron chi connectivity index (χ3n) is 4.98. The summed E-state index contributed by atoms with van der Waals surface area (Å²) in [6, 6.07) is 0. The number of hydrogen-bond donors (Lipinski definition) is 0. The summed E-state index contributed by atoms with van der Waals surface area (Å²) in [5.74, 6) is -0.696. The Morgan fingerprint density at radius 1 is 1.30 bits per heavy atom. The van der Waals surface area contributed by atoms with Crippen LogP contribution in [-0.2, 0) is 28.5 Å². The molecule has 0 radical (unpaired) electrons. The molecule has 0 aromatic rings. The molecule has 0 amide bonds. The summed E-state index contributed by atoms with van der Waals surface area (Å²) in [4.78, 5) is 23.9. The second-order valence-corrected chi connectivity index (χ2v) is 7.97. The van der Waals surface area contributed by atoms with Crippen molar-refractivity contribution in [2.24, 2.45) is 5.41 Å². The predicted octanol–water partition coefficient (Wildman–Crippen LogP) is 1.76. The molecule has 6 heteroatoms. The van der Waals surface area contributed by atoms with Crippen LogP contribution in [0.1, 0.15) is 41.0 Å². The molecular weight excluding hydrogens is 300 g/mol. The van der Waals surface area contributed by atoms with Crippen molar-refractivity contribution in [3.05, 3.63) is 11.6 Å². The fourth-order valence-corrected chi connectivity index (χ4v) is 3.75. The van der Waals surface area contributed by atoms with E-state index in [-0.39, 0.29) is 24.3 Å². The van der Waals surface area contributed by atoms with E-state index in [1.165, 1.54) is 13.2 Å². The molecule has 23 heavy (non-hydrogen) atoms. The minimum Gasteiger partial charge on any atom is -0.466 e. The molecule has 3 fully saturated rings. The van der Waals surface area contributed by atoms with E-state index in [2.05, 4.69) is 0 Å². The van der Waals surface area contributed by atoms with Gasteiger partial charge in [-0.25, -0.2) is 4.79 Å². The molecule has 0 aromatic heterocycles. The van der Waals surface area contributed by atoms with Gasteiger partial charge in [-0.05, 0) is 34.6 Å². The first-order valence-corrected chi connectivity index (χ1v) is 7.88. The summed E-state index contributed by atoms with van der Waals surface area (Å²) in [5.41, 5.74) is -1.08. The highest BCUT2D eigenvalue weighted by atomic mass is 16.7. The Hall–Kier alpha value is -1.40. The number of fused-ring (bicyclic) bond motifs is 1. The zero-order chi connectivity index (χ0) is 17.2. The van der Waals surface area contributed by atoms with Crippen molar-refractivity contribution in [1.82, 2.24) is 0 Å². The van der Waals surface area contributed by atoms with E-state index < -0.39 is 22.6 Å². The van der Waals surface area contributed by atoms with Crippen molar-refractivity contribution in [3.63, 3.8) is 0 Å². The number of carbonyl (C=O) groups is 2. The van der Waals surface area contributed by atoms with Crippen molar-refractivity contribution in [2.75, 3.05) is 7.11 Å². The topological polar surface area (TPSA) is 71.1 Å². The first-order valence-electron chi connectivity index (χ1n) is 7.88. The second-order valence-electron chi connectivity index (χ2n) is 7.97. The molecule has 4 unspecified atom stereocenters. The van der Waals surface area contributed by atoms with Crippen LogP contribution < -0.4 is 0 Å². The number of methoxy groups -OCH3 is 1. The van der Waals surface area contributed by atoms with Gasteiger partial charge in [-0.15, -0.1) is 0 Å². The molecule has 0 saturated carbocycles. The number of esters is 2. The van der Waals surface area contributed by atoms with Gasteiger partial charge in [0, 0.05) is 18.1 Å². The smallest absolute Gasteiger partial charge is 0.330 e. The minimum atomic E-state index is -0.691. The molecule has 6 nitrogen and oxygen atoms in total. The van der Waals surface area contributed by atoms with Crippen LogP contribution in [0.2, 0.25) is 0 Å². The lowest BCUT2D eigenvalue weighted by molar-refractivity contribution is -0.325. The van der Waals surface area contributed by atoms with E-state index in [1.54, 1.807) is 0 Å². The molecule has 3 saturated heterocycles. The number of rotatable bonds is 2. The maximum atomic E-state index is 12.2. The van der Waals surface area contributed by atoms with Gasteiger partial charge in [0.1, 0.15) is 23.9 Å². The van der Waals surface area contributed by atoms with E-state index in [0.717, 1.165) is 5.57 Å². The normalized spacial score (nSPS) is 43.0. The Morgan fingerprint density at radius 2 is 1.96 bits per heavy atom. The Bertz CT molecular complexity index is 588. The largest absolute Gasteiger partial charge is 0.466 e. The lowest BCUT2D eigenvalue weighted by atomic mass is 9.82. The molecule has 0 spiro atoms. The maximum absolute atomic E-state index is 12.2. The summed E-state index contributed by atoms with van der Waals surface area (Å²) in [5, 5.41) is 0. The van der Waals surface area contributed by atoms with Gasteiger partial charge in [-0.3, -0.25) is 4.79 Å². The molecule has 3 heterocycles. The SMILES string of the molecule is COC(=O)/C=C1/C2OC3[C@H](OC(=O)C(C)(C)C)CC1(C)OC23C. The third kappa shape index (κ3) is 2.31. The predicted molar refractivity (Wildman–Crippen MR) is 80.6 cm³/mol. The Balaban J connectivity index is 1.88. The van der Waals surface area contributed by atoms with E-state index in [4.69, 9.17) is 18.9 Å². The highest BCUT2D eigenvalue weighted by molar-refractivity contribution is 5.83. The molecule has 3 aliphatic heterocycles. The molecule has 0 aromatic carbocycles. The fourth-order valence-electron chi connectivity index (χ4n) is 3.75. The lowest BCUT2D eigenvalue weighted by Crippen LogP contribution is -2.68. The van der Waals surface area contributed by atoms with Crippen molar-refractivity contribution in [2.45, 2.75) is 70.6 Å². The first-order chi connectivity index (χ1) is 10.5. The Morgan fingerprint density at radius 3 is 2.52 bits per heavy atom. The van der Waals surface area contributed by atoms with Crippen LogP contribution in [0.5, 0.6) is 0 Å². The van der Waals surface area contributed by atoms with Crippen molar-refractivity contribution in [3.8, 4) is 0 Å². The van der Waals surface area contributed by atoms with E-state index >= 15 is 0 Å². The Kier molecular flexibility index (Phi) is 3.44. The van der Waals surface area contributed by atoms with Crippen molar-refractivity contribution < 1.29 is 28.5 Å². The zero-order valence-corrected chi connectivity index (χ0v) is 14.5. The van der Waals surface area contributed by atoms with Crippen LogP contribution in [0.4, 0.5) is 0 Å². The van der Waals surface area contributed by atoms with Gasteiger partial charge >= 0.3 is 11.9 Å². The van der Waals surface area contributed by atoms with Crippen LogP contribution in [-0.4, -0.2) is 48.6 Å².